The zero-order valence-corrected chi connectivity index (χ0v) is 18.4. The lowest BCUT2D eigenvalue weighted by molar-refractivity contribution is -0.00502. The molecule has 0 saturated carbocycles. The van der Waals surface area contributed by atoms with Crippen LogP contribution in [0, 0.1) is 5.92 Å². The smallest absolute Gasteiger partial charge is 0.191 e. The minimum absolute atomic E-state index is 0.151. The molecule has 0 bridgehead atoms. The standard InChI is InChI=1S/C21H43N5O/c1-18(2)19(26-12-8-6-7-9-13-26)16-23-20(22-3)24-17-21(25(4)5)10-14-27-15-11-21/h18-19H,6-17H2,1-5H3,(H2,22,23,24). The van der Waals surface area contributed by atoms with E-state index in [4.69, 9.17) is 4.74 Å². The Morgan fingerprint density at radius 3 is 2.22 bits per heavy atom. The average Bonchev–Trinajstić information content (AvgIpc) is 2.94. The molecule has 2 saturated heterocycles. The fraction of sp³-hybridized carbons (Fsp3) is 0.952. The highest BCUT2D eigenvalue weighted by molar-refractivity contribution is 5.79. The summed E-state index contributed by atoms with van der Waals surface area (Å²) in [6.07, 6.45) is 7.56. The zero-order chi connectivity index (χ0) is 19.7. The summed E-state index contributed by atoms with van der Waals surface area (Å²) in [5.41, 5.74) is 0.151. The Bertz CT molecular complexity index is 438. The largest absolute Gasteiger partial charge is 0.381 e. The summed E-state index contributed by atoms with van der Waals surface area (Å²) in [5, 5.41) is 7.21. The van der Waals surface area contributed by atoms with Crippen LogP contribution < -0.4 is 10.6 Å². The molecule has 2 N–H and O–H groups in total. The van der Waals surface area contributed by atoms with E-state index in [-0.39, 0.29) is 5.54 Å². The van der Waals surface area contributed by atoms with Gasteiger partial charge in [0.2, 0.25) is 0 Å². The number of guanidine groups is 1. The van der Waals surface area contributed by atoms with Gasteiger partial charge in [0.25, 0.3) is 0 Å². The van der Waals surface area contributed by atoms with Gasteiger partial charge in [-0.05, 0) is 58.8 Å². The van der Waals surface area contributed by atoms with Crippen LogP contribution in [-0.4, -0.2) is 87.9 Å². The summed E-state index contributed by atoms with van der Waals surface area (Å²) in [7, 11) is 6.23. The number of nitrogens with one attached hydrogen (secondary N) is 2. The van der Waals surface area contributed by atoms with Crippen molar-refractivity contribution in [2.45, 2.75) is 64.0 Å². The zero-order valence-electron chi connectivity index (χ0n) is 18.4. The number of hydrogen-bond acceptors (Lipinski definition) is 4. The predicted molar refractivity (Wildman–Crippen MR) is 115 cm³/mol. The van der Waals surface area contributed by atoms with Gasteiger partial charge in [-0.3, -0.25) is 9.89 Å². The van der Waals surface area contributed by atoms with Crippen LogP contribution in [0.3, 0.4) is 0 Å². The highest BCUT2D eigenvalue weighted by atomic mass is 16.5. The highest BCUT2D eigenvalue weighted by Gasteiger charge is 2.35. The molecule has 0 amide bonds. The summed E-state index contributed by atoms with van der Waals surface area (Å²) in [6.45, 7) is 10.7. The summed E-state index contributed by atoms with van der Waals surface area (Å²) in [4.78, 5) is 9.53. The molecule has 6 nitrogen and oxygen atoms in total. The van der Waals surface area contributed by atoms with Gasteiger partial charge in [0.15, 0.2) is 5.96 Å². The van der Waals surface area contributed by atoms with E-state index >= 15 is 0 Å². The minimum Gasteiger partial charge on any atom is -0.381 e. The molecule has 2 heterocycles. The maximum atomic E-state index is 5.58. The topological polar surface area (TPSA) is 52.1 Å². The van der Waals surface area contributed by atoms with Crippen molar-refractivity contribution >= 4 is 5.96 Å². The molecule has 0 spiro atoms. The first-order valence-corrected chi connectivity index (χ1v) is 10.9. The van der Waals surface area contributed by atoms with Crippen molar-refractivity contribution in [1.82, 2.24) is 20.4 Å². The maximum absolute atomic E-state index is 5.58. The normalized spacial score (nSPS) is 23.3. The number of rotatable bonds is 7. The molecule has 0 aliphatic carbocycles. The van der Waals surface area contributed by atoms with Gasteiger partial charge in [0.1, 0.15) is 0 Å². The molecule has 27 heavy (non-hydrogen) atoms. The molecule has 2 fully saturated rings. The van der Waals surface area contributed by atoms with Crippen LogP contribution in [-0.2, 0) is 4.74 Å². The van der Waals surface area contributed by atoms with Crippen molar-refractivity contribution < 1.29 is 4.74 Å². The second-order valence-corrected chi connectivity index (χ2v) is 8.80. The van der Waals surface area contributed by atoms with Gasteiger partial charge < -0.3 is 20.3 Å². The van der Waals surface area contributed by atoms with E-state index in [9.17, 15) is 0 Å². The fourth-order valence-electron chi connectivity index (χ4n) is 4.42. The fourth-order valence-corrected chi connectivity index (χ4v) is 4.42. The Kier molecular flexibility index (Phi) is 9.33. The van der Waals surface area contributed by atoms with E-state index in [1.807, 2.05) is 7.05 Å². The molecule has 6 heteroatoms. The Morgan fingerprint density at radius 1 is 1.07 bits per heavy atom. The number of aliphatic imine (C=N–C) groups is 1. The quantitative estimate of drug-likeness (QED) is 0.523. The molecule has 0 radical (unpaired) electrons. The molecule has 2 aliphatic heterocycles. The van der Waals surface area contributed by atoms with E-state index in [2.05, 4.69) is 53.4 Å². The monoisotopic (exact) mass is 381 g/mol. The number of hydrogen-bond donors (Lipinski definition) is 2. The second kappa shape index (κ2) is 11.2. The third kappa shape index (κ3) is 6.61. The number of likely N-dealkylation sites (tertiary alicyclic amines) is 1. The second-order valence-electron chi connectivity index (χ2n) is 8.80. The molecule has 2 aliphatic rings. The lowest BCUT2D eigenvalue weighted by atomic mass is 9.88. The highest BCUT2D eigenvalue weighted by Crippen LogP contribution is 2.25. The average molecular weight is 382 g/mol. The van der Waals surface area contributed by atoms with Crippen LogP contribution >= 0.6 is 0 Å². The molecular weight excluding hydrogens is 338 g/mol. The lowest BCUT2D eigenvalue weighted by Crippen LogP contribution is -2.58. The van der Waals surface area contributed by atoms with E-state index in [0.717, 1.165) is 45.1 Å². The molecule has 1 atom stereocenters. The van der Waals surface area contributed by atoms with Gasteiger partial charge in [-0.2, -0.15) is 0 Å². The first kappa shape index (κ1) is 22.4. The Balaban J connectivity index is 1.89. The van der Waals surface area contributed by atoms with Crippen LogP contribution in [0.1, 0.15) is 52.4 Å². The van der Waals surface area contributed by atoms with Crippen molar-refractivity contribution in [3.63, 3.8) is 0 Å². The van der Waals surface area contributed by atoms with E-state index in [1.54, 1.807) is 0 Å². The van der Waals surface area contributed by atoms with Crippen molar-refractivity contribution in [1.29, 1.82) is 0 Å². The van der Waals surface area contributed by atoms with Crippen LogP contribution in [0.25, 0.3) is 0 Å². The first-order chi connectivity index (χ1) is 13.0. The van der Waals surface area contributed by atoms with E-state index < -0.39 is 0 Å². The van der Waals surface area contributed by atoms with Crippen LogP contribution in [0.15, 0.2) is 4.99 Å². The molecule has 2 rings (SSSR count). The van der Waals surface area contributed by atoms with E-state index in [0.29, 0.717) is 12.0 Å². The Hall–Kier alpha value is -0.850. The number of nitrogens with zero attached hydrogens (tertiary/aromatic N) is 3. The molecule has 0 aromatic rings. The van der Waals surface area contributed by atoms with Gasteiger partial charge in [-0.25, -0.2) is 0 Å². The molecule has 158 valence electrons. The van der Waals surface area contributed by atoms with Crippen LogP contribution in [0.2, 0.25) is 0 Å². The van der Waals surface area contributed by atoms with Crippen molar-refractivity contribution in [2.24, 2.45) is 10.9 Å². The summed E-state index contributed by atoms with van der Waals surface area (Å²) in [5.74, 6) is 1.56. The SMILES string of the molecule is CN=C(NCC(C(C)C)N1CCCCCC1)NCC1(N(C)C)CCOCC1. The Morgan fingerprint density at radius 2 is 1.70 bits per heavy atom. The molecule has 0 aromatic carbocycles. The molecular formula is C21H43N5O. The molecule has 1 unspecified atom stereocenters. The van der Waals surface area contributed by atoms with E-state index in [1.165, 1.54) is 38.8 Å². The first-order valence-electron chi connectivity index (χ1n) is 10.9. The minimum atomic E-state index is 0.151. The summed E-state index contributed by atoms with van der Waals surface area (Å²) in [6, 6.07) is 0.563. The van der Waals surface area contributed by atoms with Crippen LogP contribution in [0.4, 0.5) is 0 Å². The van der Waals surface area contributed by atoms with Gasteiger partial charge in [0.05, 0.1) is 0 Å². The number of likely N-dealkylation sites (N-methyl/N-ethyl adjacent to an activating group) is 1. The van der Waals surface area contributed by atoms with Gasteiger partial charge >= 0.3 is 0 Å². The van der Waals surface area contributed by atoms with Gasteiger partial charge in [0, 0.05) is 44.9 Å². The third-order valence-corrected chi connectivity index (χ3v) is 6.54. The van der Waals surface area contributed by atoms with Crippen LogP contribution in [0.5, 0.6) is 0 Å². The van der Waals surface area contributed by atoms with Gasteiger partial charge in [-0.1, -0.05) is 26.7 Å². The Labute approximate surface area is 167 Å². The number of ether oxygens (including phenoxy) is 1. The van der Waals surface area contributed by atoms with Crippen molar-refractivity contribution in [2.75, 3.05) is 60.5 Å². The summed E-state index contributed by atoms with van der Waals surface area (Å²) < 4.78 is 5.58. The van der Waals surface area contributed by atoms with Gasteiger partial charge in [-0.15, -0.1) is 0 Å². The maximum Gasteiger partial charge on any atom is 0.191 e. The summed E-state index contributed by atoms with van der Waals surface area (Å²) >= 11 is 0. The predicted octanol–water partition coefficient (Wildman–Crippen LogP) is 2.16. The van der Waals surface area contributed by atoms with Crippen molar-refractivity contribution in [3.05, 3.63) is 0 Å². The lowest BCUT2D eigenvalue weighted by Gasteiger charge is -2.43. The third-order valence-electron chi connectivity index (χ3n) is 6.54. The molecule has 0 aromatic heterocycles. The van der Waals surface area contributed by atoms with Crippen molar-refractivity contribution in [3.8, 4) is 0 Å².